The van der Waals surface area contributed by atoms with Crippen LogP contribution < -0.4 is 5.32 Å². The second kappa shape index (κ2) is 7.71. The Morgan fingerprint density at radius 2 is 2.00 bits per heavy atom. The maximum atomic E-state index is 13.4. The maximum absolute atomic E-state index is 13.4. The van der Waals surface area contributed by atoms with E-state index in [2.05, 4.69) is 53.3 Å². The highest BCUT2D eigenvalue weighted by Crippen LogP contribution is 2.27. The van der Waals surface area contributed by atoms with Gasteiger partial charge in [0, 0.05) is 10.5 Å². The first kappa shape index (κ1) is 16.2. The summed E-state index contributed by atoms with van der Waals surface area (Å²) in [6, 6.07) is 13.4. The molecule has 2 aromatic carbocycles. The summed E-state index contributed by atoms with van der Waals surface area (Å²) in [6.07, 6.45) is 1.85. The van der Waals surface area contributed by atoms with E-state index in [-0.39, 0.29) is 11.9 Å². The number of benzene rings is 2. The summed E-state index contributed by atoms with van der Waals surface area (Å²) in [5, 5.41) is 3.56. The molecule has 2 aromatic rings. The Bertz CT molecular complexity index is 598. The van der Waals surface area contributed by atoms with Gasteiger partial charge in [-0.1, -0.05) is 47.1 Å². The summed E-state index contributed by atoms with van der Waals surface area (Å²) in [7, 11) is 0. The van der Waals surface area contributed by atoms with Crippen molar-refractivity contribution in [2.45, 2.75) is 32.7 Å². The van der Waals surface area contributed by atoms with Crippen molar-refractivity contribution in [1.29, 1.82) is 0 Å². The van der Waals surface area contributed by atoms with Crippen LogP contribution in [0.5, 0.6) is 0 Å². The molecule has 0 bridgehead atoms. The zero-order valence-corrected chi connectivity index (χ0v) is 14.1. The van der Waals surface area contributed by atoms with Crippen molar-refractivity contribution >= 4 is 15.9 Å². The van der Waals surface area contributed by atoms with Crippen LogP contribution in [0.2, 0.25) is 0 Å². The lowest BCUT2D eigenvalue weighted by molar-refractivity contribution is 0.525. The maximum Gasteiger partial charge on any atom is 0.123 e. The largest absolute Gasteiger partial charge is 0.310 e. The lowest BCUT2D eigenvalue weighted by Gasteiger charge is -2.21. The predicted molar refractivity (Wildman–Crippen MR) is 90.0 cm³/mol. The van der Waals surface area contributed by atoms with Crippen LogP contribution in [0.25, 0.3) is 0 Å². The standard InChI is InChI=1S/C18H21BrFN/c1-3-9-21-18(12-14-5-4-6-15(20)11-14)16-8-7-13(2)10-17(16)19/h4-8,10-11,18,21H,3,9,12H2,1-2H3. The topological polar surface area (TPSA) is 12.0 Å². The highest BCUT2D eigenvalue weighted by atomic mass is 79.9. The molecule has 0 aromatic heterocycles. The molecule has 0 fully saturated rings. The van der Waals surface area contributed by atoms with E-state index in [0.29, 0.717) is 0 Å². The second-order valence-corrected chi connectivity index (χ2v) is 6.22. The number of hydrogen-bond acceptors (Lipinski definition) is 1. The van der Waals surface area contributed by atoms with Crippen molar-refractivity contribution in [3.8, 4) is 0 Å². The van der Waals surface area contributed by atoms with Gasteiger partial charge >= 0.3 is 0 Å². The smallest absolute Gasteiger partial charge is 0.123 e. The first-order chi connectivity index (χ1) is 10.1. The van der Waals surface area contributed by atoms with Crippen LogP contribution in [-0.4, -0.2) is 6.54 Å². The van der Waals surface area contributed by atoms with Crippen molar-refractivity contribution in [2.75, 3.05) is 6.54 Å². The molecule has 112 valence electrons. The van der Waals surface area contributed by atoms with Crippen LogP contribution in [0, 0.1) is 12.7 Å². The monoisotopic (exact) mass is 349 g/mol. The summed E-state index contributed by atoms with van der Waals surface area (Å²) in [4.78, 5) is 0. The molecule has 1 N–H and O–H groups in total. The van der Waals surface area contributed by atoms with Gasteiger partial charge in [0.1, 0.15) is 5.82 Å². The molecule has 0 aliphatic carbocycles. The van der Waals surface area contributed by atoms with E-state index < -0.39 is 0 Å². The van der Waals surface area contributed by atoms with Crippen LogP contribution >= 0.6 is 15.9 Å². The molecule has 0 aliphatic rings. The fraction of sp³-hybridized carbons (Fsp3) is 0.333. The lowest BCUT2D eigenvalue weighted by Crippen LogP contribution is -2.24. The number of rotatable bonds is 6. The quantitative estimate of drug-likeness (QED) is 0.757. The second-order valence-electron chi connectivity index (χ2n) is 5.37. The Morgan fingerprint density at radius 1 is 1.19 bits per heavy atom. The van der Waals surface area contributed by atoms with E-state index in [4.69, 9.17) is 0 Å². The van der Waals surface area contributed by atoms with Crippen LogP contribution in [0.15, 0.2) is 46.9 Å². The summed E-state index contributed by atoms with van der Waals surface area (Å²) < 4.78 is 14.5. The van der Waals surface area contributed by atoms with Crippen LogP contribution in [0.1, 0.15) is 36.1 Å². The van der Waals surface area contributed by atoms with Gasteiger partial charge in [-0.15, -0.1) is 0 Å². The zero-order chi connectivity index (χ0) is 15.2. The van der Waals surface area contributed by atoms with Crippen LogP contribution in [0.4, 0.5) is 4.39 Å². The Hall–Kier alpha value is -1.19. The average Bonchev–Trinajstić information content (AvgIpc) is 2.44. The lowest BCUT2D eigenvalue weighted by atomic mass is 9.98. The SMILES string of the molecule is CCCNC(Cc1cccc(F)c1)c1ccc(C)cc1Br. The molecule has 1 unspecified atom stereocenters. The number of halogens is 2. The molecule has 0 amide bonds. The molecule has 0 heterocycles. The average molecular weight is 350 g/mol. The summed E-state index contributed by atoms with van der Waals surface area (Å²) in [5.74, 6) is -0.176. The van der Waals surface area contributed by atoms with Crippen molar-refractivity contribution in [3.63, 3.8) is 0 Å². The summed E-state index contributed by atoms with van der Waals surface area (Å²) in [5.41, 5.74) is 3.46. The molecule has 0 radical (unpaired) electrons. The number of aryl methyl sites for hydroxylation is 1. The van der Waals surface area contributed by atoms with E-state index in [1.165, 1.54) is 17.2 Å². The minimum atomic E-state index is -0.176. The molecule has 0 saturated carbocycles. The van der Waals surface area contributed by atoms with E-state index in [1.54, 1.807) is 12.1 Å². The van der Waals surface area contributed by atoms with Gasteiger partial charge in [-0.3, -0.25) is 0 Å². The Balaban J connectivity index is 2.25. The van der Waals surface area contributed by atoms with Crippen molar-refractivity contribution in [1.82, 2.24) is 5.32 Å². The highest BCUT2D eigenvalue weighted by Gasteiger charge is 2.15. The minimum Gasteiger partial charge on any atom is -0.310 e. The molecule has 1 atom stereocenters. The zero-order valence-electron chi connectivity index (χ0n) is 12.5. The molecule has 0 saturated heterocycles. The Kier molecular flexibility index (Phi) is 5.95. The van der Waals surface area contributed by atoms with Gasteiger partial charge in [0.05, 0.1) is 0 Å². The van der Waals surface area contributed by atoms with Crippen LogP contribution in [0.3, 0.4) is 0 Å². The van der Waals surface area contributed by atoms with Gasteiger partial charge in [0.25, 0.3) is 0 Å². The summed E-state index contributed by atoms with van der Waals surface area (Å²) >= 11 is 3.65. The first-order valence-corrected chi connectivity index (χ1v) is 8.13. The van der Waals surface area contributed by atoms with Crippen LogP contribution in [-0.2, 0) is 6.42 Å². The molecular formula is C18H21BrFN. The Morgan fingerprint density at radius 3 is 2.67 bits per heavy atom. The Labute approximate surface area is 134 Å². The number of hydrogen-bond donors (Lipinski definition) is 1. The van der Waals surface area contributed by atoms with E-state index >= 15 is 0 Å². The van der Waals surface area contributed by atoms with Crippen molar-refractivity contribution < 1.29 is 4.39 Å². The highest BCUT2D eigenvalue weighted by molar-refractivity contribution is 9.10. The third kappa shape index (κ3) is 4.65. The molecule has 0 spiro atoms. The normalized spacial score (nSPS) is 12.4. The van der Waals surface area contributed by atoms with Crippen molar-refractivity contribution in [2.24, 2.45) is 0 Å². The third-order valence-electron chi connectivity index (χ3n) is 3.50. The van der Waals surface area contributed by atoms with Gasteiger partial charge in [-0.25, -0.2) is 4.39 Å². The van der Waals surface area contributed by atoms with Gasteiger partial charge in [0.2, 0.25) is 0 Å². The fourth-order valence-electron chi connectivity index (χ4n) is 2.43. The molecule has 2 rings (SSSR count). The molecule has 3 heteroatoms. The van der Waals surface area contributed by atoms with Gasteiger partial charge in [-0.05, 0) is 61.2 Å². The minimum absolute atomic E-state index is 0.176. The number of nitrogens with one attached hydrogen (secondary N) is 1. The predicted octanol–water partition coefficient (Wildman–Crippen LogP) is 5.18. The third-order valence-corrected chi connectivity index (χ3v) is 4.19. The molecular weight excluding hydrogens is 329 g/mol. The van der Waals surface area contributed by atoms with Crippen molar-refractivity contribution in [3.05, 3.63) is 69.4 Å². The summed E-state index contributed by atoms with van der Waals surface area (Å²) in [6.45, 7) is 5.17. The van der Waals surface area contributed by atoms with E-state index in [0.717, 1.165) is 29.4 Å². The van der Waals surface area contributed by atoms with E-state index in [9.17, 15) is 4.39 Å². The first-order valence-electron chi connectivity index (χ1n) is 7.34. The molecule has 1 nitrogen and oxygen atoms in total. The van der Waals surface area contributed by atoms with E-state index in [1.807, 2.05) is 6.07 Å². The van der Waals surface area contributed by atoms with Gasteiger partial charge in [-0.2, -0.15) is 0 Å². The fourth-order valence-corrected chi connectivity index (χ4v) is 3.19. The van der Waals surface area contributed by atoms with Gasteiger partial charge in [0.15, 0.2) is 0 Å². The molecule has 21 heavy (non-hydrogen) atoms. The molecule has 0 aliphatic heterocycles. The van der Waals surface area contributed by atoms with Gasteiger partial charge < -0.3 is 5.32 Å².